The summed E-state index contributed by atoms with van der Waals surface area (Å²) in [6, 6.07) is 14.9. The van der Waals surface area contributed by atoms with E-state index in [2.05, 4.69) is 60.8 Å². The van der Waals surface area contributed by atoms with Crippen LogP contribution in [0.1, 0.15) is 6.42 Å². The first-order valence-corrected chi connectivity index (χ1v) is 23.0. The summed E-state index contributed by atoms with van der Waals surface area (Å²) < 4.78 is 41.3. The minimum absolute atomic E-state index is 0.202. The van der Waals surface area contributed by atoms with Gasteiger partial charge in [-0.3, -0.25) is 0 Å². The minimum Gasteiger partial charge on any atom is -0.437 e. The Morgan fingerprint density at radius 2 is 1.22 bits per heavy atom. The fourth-order valence-electron chi connectivity index (χ4n) is 3.74. The van der Waals surface area contributed by atoms with Gasteiger partial charge in [-0.15, -0.1) is 0 Å². The molecule has 36 heavy (non-hydrogen) atoms. The summed E-state index contributed by atoms with van der Waals surface area (Å²) in [5, 5.41) is 8.44. The van der Waals surface area contributed by atoms with Crippen LogP contribution in [-0.2, 0) is 18.3 Å². The van der Waals surface area contributed by atoms with Gasteiger partial charge in [0.15, 0.2) is 16.6 Å². The third-order valence-corrected chi connectivity index (χ3v) is 16.0. The van der Waals surface area contributed by atoms with Gasteiger partial charge in [-0.2, -0.15) is 10.2 Å². The summed E-state index contributed by atoms with van der Waals surface area (Å²) in [5.74, 6) is 0. The first-order chi connectivity index (χ1) is 16.5. The molecule has 0 radical (unpaired) electrons. The molecule has 2 aromatic carbocycles. The summed E-state index contributed by atoms with van der Waals surface area (Å²) >= 11 is 0. The second kappa shape index (κ2) is 12.2. The van der Waals surface area contributed by atoms with E-state index in [9.17, 15) is 8.42 Å². The standard InChI is InChI=1S/C24H42N4O4SSi3/c1-28(2)23-15-11-21(12-16-23)26-27-22-13-17-24(18-14-22)33(29,30)25-19-10-20-36(9,31-34(3,4)5)32-35(6,7)8/h11-18,25H,10,19-20H2,1-9H3/b27-26+. The molecule has 0 fully saturated rings. The first kappa shape index (κ1) is 30.5. The molecule has 0 saturated carbocycles. The quantitative estimate of drug-likeness (QED) is 0.167. The molecule has 0 unspecified atom stereocenters. The van der Waals surface area contributed by atoms with Crippen molar-refractivity contribution in [1.82, 2.24) is 4.72 Å². The van der Waals surface area contributed by atoms with E-state index in [-0.39, 0.29) is 4.90 Å². The minimum atomic E-state index is -3.62. The average Bonchev–Trinajstić information content (AvgIpc) is 2.73. The Hall–Kier alpha value is -1.68. The number of hydrogen-bond acceptors (Lipinski definition) is 7. The maximum absolute atomic E-state index is 12.8. The van der Waals surface area contributed by atoms with E-state index < -0.39 is 35.2 Å². The first-order valence-electron chi connectivity index (χ1n) is 12.2. The van der Waals surface area contributed by atoms with Gasteiger partial charge < -0.3 is 13.1 Å². The Morgan fingerprint density at radius 3 is 1.64 bits per heavy atom. The number of anilines is 1. The molecule has 0 aliphatic rings. The molecule has 8 nitrogen and oxygen atoms in total. The second-order valence-electron chi connectivity index (χ2n) is 11.2. The predicted octanol–water partition coefficient (Wildman–Crippen LogP) is 6.61. The van der Waals surface area contributed by atoms with Crippen molar-refractivity contribution in [3.05, 3.63) is 48.5 Å². The number of sulfonamides is 1. The van der Waals surface area contributed by atoms with Gasteiger partial charge in [0.1, 0.15) is 0 Å². The highest BCUT2D eigenvalue weighted by Gasteiger charge is 2.39. The average molecular weight is 567 g/mol. The lowest BCUT2D eigenvalue weighted by Crippen LogP contribution is -2.52. The number of nitrogens with zero attached hydrogens (tertiary/aromatic N) is 3. The van der Waals surface area contributed by atoms with Crippen LogP contribution >= 0.6 is 0 Å². The normalized spacial score (nSPS) is 13.4. The van der Waals surface area contributed by atoms with Crippen molar-refractivity contribution in [2.24, 2.45) is 10.2 Å². The van der Waals surface area contributed by atoms with Gasteiger partial charge in [-0.05, 0) is 107 Å². The molecule has 0 aromatic heterocycles. The molecule has 0 saturated heterocycles. The molecule has 1 N–H and O–H groups in total. The van der Waals surface area contributed by atoms with Gasteiger partial charge in [0.25, 0.3) is 0 Å². The van der Waals surface area contributed by atoms with Gasteiger partial charge in [0.2, 0.25) is 10.0 Å². The van der Waals surface area contributed by atoms with Crippen molar-refractivity contribution in [3.63, 3.8) is 0 Å². The number of nitrogens with one attached hydrogen (secondary N) is 1. The molecule has 2 rings (SSSR count). The van der Waals surface area contributed by atoms with E-state index in [1.165, 1.54) is 0 Å². The van der Waals surface area contributed by atoms with E-state index in [4.69, 9.17) is 8.23 Å². The molecule has 2 aromatic rings. The monoisotopic (exact) mass is 566 g/mol. The van der Waals surface area contributed by atoms with Crippen LogP contribution in [0.2, 0.25) is 51.9 Å². The van der Waals surface area contributed by atoms with Gasteiger partial charge in [-0.1, -0.05) is 0 Å². The SMILES string of the molecule is CN(C)c1ccc(/N=N/c2ccc(S(=O)(=O)NCCC[Si](C)(O[Si](C)(C)C)O[Si](C)(C)C)cc2)cc1. The lowest BCUT2D eigenvalue weighted by atomic mass is 10.3. The van der Waals surface area contributed by atoms with Crippen LogP contribution in [0.25, 0.3) is 0 Å². The maximum atomic E-state index is 12.8. The second-order valence-corrected chi connectivity index (χ2v) is 25.8. The zero-order valence-electron chi connectivity index (χ0n) is 23.1. The third-order valence-electron chi connectivity index (χ3n) is 4.94. The van der Waals surface area contributed by atoms with E-state index in [1.54, 1.807) is 24.3 Å². The van der Waals surface area contributed by atoms with Crippen molar-refractivity contribution in [2.45, 2.75) is 63.2 Å². The Balaban J connectivity index is 1.96. The highest BCUT2D eigenvalue weighted by molar-refractivity contribution is 7.89. The third kappa shape index (κ3) is 10.7. The number of hydrogen-bond donors (Lipinski definition) is 1. The zero-order valence-corrected chi connectivity index (χ0v) is 26.9. The molecule has 0 spiro atoms. The summed E-state index contributed by atoms with van der Waals surface area (Å²) in [6.45, 7) is 15.4. The highest BCUT2D eigenvalue weighted by Crippen LogP contribution is 2.26. The Labute approximate surface area is 220 Å². The van der Waals surface area contributed by atoms with Crippen LogP contribution in [0, 0.1) is 0 Å². The molecule has 12 heteroatoms. The summed E-state index contributed by atoms with van der Waals surface area (Å²) in [6.07, 6.45) is 0.663. The van der Waals surface area contributed by atoms with Gasteiger partial charge in [0, 0.05) is 26.3 Å². The Morgan fingerprint density at radius 1 is 0.778 bits per heavy atom. The van der Waals surface area contributed by atoms with Crippen molar-refractivity contribution < 1.29 is 16.6 Å². The van der Waals surface area contributed by atoms with Gasteiger partial charge >= 0.3 is 8.56 Å². The lowest BCUT2D eigenvalue weighted by molar-refractivity contribution is 0.381. The number of benzene rings is 2. The molecule has 0 aliphatic heterocycles. The molecule has 0 bridgehead atoms. The summed E-state index contributed by atoms with van der Waals surface area (Å²) in [4.78, 5) is 2.21. The van der Waals surface area contributed by atoms with Crippen LogP contribution in [0.15, 0.2) is 63.7 Å². The molecule has 0 amide bonds. The fraction of sp³-hybridized carbons (Fsp3) is 0.500. The Kier molecular flexibility index (Phi) is 10.4. The number of rotatable bonds is 13. The van der Waals surface area contributed by atoms with E-state index in [0.29, 0.717) is 18.7 Å². The zero-order chi connectivity index (χ0) is 27.2. The van der Waals surface area contributed by atoms with Crippen LogP contribution in [0.5, 0.6) is 0 Å². The number of azo groups is 1. The van der Waals surface area contributed by atoms with Crippen molar-refractivity contribution in [2.75, 3.05) is 25.5 Å². The van der Waals surface area contributed by atoms with E-state index >= 15 is 0 Å². The molecule has 200 valence electrons. The molecule has 0 aliphatic carbocycles. The summed E-state index contributed by atoms with van der Waals surface area (Å²) in [7, 11) is -5.61. The Bertz CT molecular complexity index is 1100. The molecular weight excluding hydrogens is 525 g/mol. The van der Waals surface area contributed by atoms with E-state index in [1.807, 2.05) is 43.3 Å². The van der Waals surface area contributed by atoms with Crippen molar-refractivity contribution in [1.29, 1.82) is 0 Å². The van der Waals surface area contributed by atoms with Crippen molar-refractivity contribution in [3.8, 4) is 0 Å². The molecular formula is C24H42N4O4SSi3. The topological polar surface area (TPSA) is 92.6 Å². The smallest absolute Gasteiger partial charge is 0.314 e. The van der Waals surface area contributed by atoms with Crippen LogP contribution in [0.4, 0.5) is 17.1 Å². The van der Waals surface area contributed by atoms with Crippen molar-refractivity contribution >= 4 is 52.3 Å². The van der Waals surface area contributed by atoms with Crippen LogP contribution in [-0.4, -0.2) is 54.3 Å². The van der Waals surface area contributed by atoms with Crippen LogP contribution < -0.4 is 9.62 Å². The highest BCUT2D eigenvalue weighted by atomic mass is 32.2. The summed E-state index contributed by atoms with van der Waals surface area (Å²) in [5.41, 5.74) is 2.39. The molecule has 0 atom stereocenters. The van der Waals surface area contributed by atoms with E-state index in [0.717, 1.165) is 17.4 Å². The largest absolute Gasteiger partial charge is 0.437 e. The lowest BCUT2D eigenvalue weighted by Gasteiger charge is -2.38. The molecule has 0 heterocycles. The predicted molar refractivity (Wildman–Crippen MR) is 156 cm³/mol. The fourth-order valence-corrected chi connectivity index (χ4v) is 17.4. The van der Waals surface area contributed by atoms with Gasteiger partial charge in [-0.25, -0.2) is 13.1 Å². The maximum Gasteiger partial charge on any atom is 0.314 e. The van der Waals surface area contributed by atoms with Gasteiger partial charge in [0.05, 0.1) is 16.3 Å². The van der Waals surface area contributed by atoms with Crippen LogP contribution in [0.3, 0.4) is 0 Å².